The molecule has 2 heterocycles. The Hall–Kier alpha value is -0.620. The van der Waals surface area contributed by atoms with Gasteiger partial charge in [-0.15, -0.1) is 5.10 Å². The number of rotatable bonds is 6. The lowest BCUT2D eigenvalue weighted by Crippen LogP contribution is -2.23. The summed E-state index contributed by atoms with van der Waals surface area (Å²) in [5.74, 6) is 2.90. The highest BCUT2D eigenvalue weighted by Crippen LogP contribution is 2.27. The number of nitrogens with zero attached hydrogens (tertiary/aromatic N) is 4. The second kappa shape index (κ2) is 6.35. The summed E-state index contributed by atoms with van der Waals surface area (Å²) in [5, 5.41) is 16.0. The highest BCUT2D eigenvalue weighted by Gasteiger charge is 2.18. The van der Waals surface area contributed by atoms with Crippen molar-refractivity contribution in [3.05, 3.63) is 5.82 Å². The van der Waals surface area contributed by atoms with Crippen molar-refractivity contribution in [3.63, 3.8) is 0 Å². The highest BCUT2D eigenvalue weighted by molar-refractivity contribution is 8.00. The van der Waals surface area contributed by atoms with Gasteiger partial charge in [-0.1, -0.05) is 13.8 Å². The van der Waals surface area contributed by atoms with Gasteiger partial charge in [-0.05, 0) is 41.5 Å². The summed E-state index contributed by atoms with van der Waals surface area (Å²) in [6, 6.07) is 0. The van der Waals surface area contributed by atoms with Crippen molar-refractivity contribution in [2.75, 3.05) is 12.3 Å². The molecule has 0 spiro atoms. The molecule has 0 aliphatic carbocycles. The van der Waals surface area contributed by atoms with Gasteiger partial charge in [0.15, 0.2) is 5.82 Å². The van der Waals surface area contributed by atoms with Gasteiger partial charge in [-0.25, -0.2) is 4.68 Å². The van der Waals surface area contributed by atoms with E-state index in [1.807, 2.05) is 16.4 Å². The summed E-state index contributed by atoms with van der Waals surface area (Å²) < 4.78 is 1.95. The number of hydrogen-bond acceptors (Lipinski definition) is 5. The first-order valence-corrected chi connectivity index (χ1v) is 7.38. The van der Waals surface area contributed by atoms with Crippen LogP contribution in [0, 0.1) is 5.92 Å². The van der Waals surface area contributed by atoms with Gasteiger partial charge >= 0.3 is 0 Å². The van der Waals surface area contributed by atoms with Gasteiger partial charge < -0.3 is 5.32 Å². The van der Waals surface area contributed by atoms with E-state index < -0.39 is 0 Å². The van der Waals surface area contributed by atoms with Crippen LogP contribution >= 0.6 is 11.8 Å². The lowest BCUT2D eigenvalue weighted by atomic mass is 10.2. The molecule has 1 aliphatic rings. The van der Waals surface area contributed by atoms with Crippen LogP contribution in [0.2, 0.25) is 0 Å². The molecule has 0 saturated carbocycles. The maximum Gasteiger partial charge on any atom is 0.165 e. The molecule has 1 N–H and O–H groups in total. The van der Waals surface area contributed by atoms with E-state index in [4.69, 9.17) is 0 Å². The van der Waals surface area contributed by atoms with Crippen LogP contribution in [0.3, 0.4) is 0 Å². The molecule has 0 aromatic carbocycles. The molecule has 17 heavy (non-hydrogen) atoms. The molecule has 1 saturated heterocycles. The third kappa shape index (κ3) is 3.96. The van der Waals surface area contributed by atoms with Crippen LogP contribution < -0.4 is 5.32 Å². The van der Waals surface area contributed by atoms with Gasteiger partial charge in [-0.3, -0.25) is 0 Å². The predicted octanol–water partition coefficient (Wildman–Crippen LogP) is 1.31. The Labute approximate surface area is 107 Å². The Morgan fingerprint density at radius 1 is 1.53 bits per heavy atom. The first kappa shape index (κ1) is 12.8. The van der Waals surface area contributed by atoms with Crippen LogP contribution in [0.5, 0.6) is 0 Å². The van der Waals surface area contributed by atoms with E-state index in [2.05, 4.69) is 34.7 Å². The highest BCUT2D eigenvalue weighted by atomic mass is 32.2. The van der Waals surface area contributed by atoms with Crippen LogP contribution in [-0.2, 0) is 13.1 Å². The minimum Gasteiger partial charge on any atom is -0.310 e. The molecule has 5 nitrogen and oxygen atoms in total. The third-order valence-electron chi connectivity index (χ3n) is 2.84. The average Bonchev–Trinajstić information content (AvgIpc) is 2.91. The van der Waals surface area contributed by atoms with E-state index in [9.17, 15) is 0 Å². The predicted molar refractivity (Wildman–Crippen MR) is 69.8 cm³/mol. The van der Waals surface area contributed by atoms with E-state index >= 15 is 0 Å². The SMILES string of the molecule is CC(C)CNCc1nnnn1CC1CCCS1. The molecular formula is C11H21N5S. The van der Waals surface area contributed by atoms with E-state index in [1.165, 1.54) is 18.6 Å². The number of thioether (sulfide) groups is 1. The summed E-state index contributed by atoms with van der Waals surface area (Å²) >= 11 is 2.04. The first-order chi connectivity index (χ1) is 8.25. The number of hydrogen-bond donors (Lipinski definition) is 1. The fourth-order valence-electron chi connectivity index (χ4n) is 1.95. The molecule has 96 valence electrons. The minimum atomic E-state index is 0.657. The Balaban J connectivity index is 1.83. The molecule has 2 rings (SSSR count). The molecule has 1 aliphatic heterocycles. The van der Waals surface area contributed by atoms with E-state index in [0.717, 1.165) is 25.5 Å². The monoisotopic (exact) mass is 255 g/mol. The number of tetrazole rings is 1. The van der Waals surface area contributed by atoms with Gasteiger partial charge in [0.25, 0.3) is 0 Å². The van der Waals surface area contributed by atoms with Crippen molar-refractivity contribution >= 4 is 11.8 Å². The second-order valence-electron chi connectivity index (χ2n) is 4.94. The molecule has 1 atom stereocenters. The zero-order chi connectivity index (χ0) is 12.1. The van der Waals surface area contributed by atoms with Crippen molar-refractivity contribution in [3.8, 4) is 0 Å². The quantitative estimate of drug-likeness (QED) is 0.830. The standard InChI is InChI=1S/C11H21N5S/c1-9(2)6-12-7-11-13-14-15-16(11)8-10-4-3-5-17-10/h9-10,12H,3-8H2,1-2H3. The van der Waals surface area contributed by atoms with Crippen LogP contribution in [-0.4, -0.2) is 37.8 Å². The zero-order valence-electron chi connectivity index (χ0n) is 10.6. The maximum atomic E-state index is 4.09. The lowest BCUT2D eigenvalue weighted by molar-refractivity contribution is 0.501. The molecule has 1 fully saturated rings. The van der Waals surface area contributed by atoms with E-state index in [0.29, 0.717) is 11.2 Å². The van der Waals surface area contributed by atoms with Gasteiger partial charge in [0, 0.05) is 5.25 Å². The van der Waals surface area contributed by atoms with Crippen molar-refractivity contribution in [1.29, 1.82) is 0 Å². The molecule has 1 unspecified atom stereocenters. The molecular weight excluding hydrogens is 234 g/mol. The fourth-order valence-corrected chi connectivity index (χ4v) is 3.19. The van der Waals surface area contributed by atoms with E-state index in [1.54, 1.807) is 0 Å². The van der Waals surface area contributed by atoms with Gasteiger partial charge in [-0.2, -0.15) is 11.8 Å². The molecule has 1 aromatic rings. The summed E-state index contributed by atoms with van der Waals surface area (Å²) in [6.45, 7) is 7.13. The van der Waals surface area contributed by atoms with Crippen molar-refractivity contribution < 1.29 is 0 Å². The third-order valence-corrected chi connectivity index (χ3v) is 4.22. The summed E-state index contributed by atoms with van der Waals surface area (Å²) in [5.41, 5.74) is 0. The Bertz CT molecular complexity index is 332. The zero-order valence-corrected chi connectivity index (χ0v) is 11.4. The fraction of sp³-hybridized carbons (Fsp3) is 0.909. The van der Waals surface area contributed by atoms with Gasteiger partial charge in [0.05, 0.1) is 13.1 Å². The normalized spacial score (nSPS) is 20.3. The van der Waals surface area contributed by atoms with Crippen molar-refractivity contribution in [1.82, 2.24) is 25.5 Å². The van der Waals surface area contributed by atoms with Gasteiger partial charge in [0.1, 0.15) is 0 Å². The molecule has 6 heteroatoms. The van der Waals surface area contributed by atoms with Crippen LogP contribution in [0.25, 0.3) is 0 Å². The molecule has 1 aromatic heterocycles. The van der Waals surface area contributed by atoms with Crippen LogP contribution in [0.1, 0.15) is 32.5 Å². The lowest BCUT2D eigenvalue weighted by Gasteiger charge is -2.10. The minimum absolute atomic E-state index is 0.657. The Kier molecular flexibility index (Phi) is 4.79. The summed E-state index contributed by atoms with van der Waals surface area (Å²) in [6.07, 6.45) is 2.63. The van der Waals surface area contributed by atoms with Crippen molar-refractivity contribution in [2.24, 2.45) is 5.92 Å². The molecule has 0 radical (unpaired) electrons. The first-order valence-electron chi connectivity index (χ1n) is 6.33. The summed E-state index contributed by atoms with van der Waals surface area (Å²) in [7, 11) is 0. The molecule has 0 amide bonds. The van der Waals surface area contributed by atoms with Gasteiger partial charge in [0.2, 0.25) is 0 Å². The second-order valence-corrected chi connectivity index (χ2v) is 6.35. The smallest absolute Gasteiger partial charge is 0.165 e. The van der Waals surface area contributed by atoms with Crippen LogP contribution in [0.15, 0.2) is 0 Å². The van der Waals surface area contributed by atoms with Crippen molar-refractivity contribution in [2.45, 2.75) is 45.0 Å². The topological polar surface area (TPSA) is 55.6 Å². The molecule has 0 bridgehead atoms. The average molecular weight is 255 g/mol. The largest absolute Gasteiger partial charge is 0.310 e. The van der Waals surface area contributed by atoms with Crippen LogP contribution in [0.4, 0.5) is 0 Å². The number of aromatic nitrogens is 4. The van der Waals surface area contributed by atoms with E-state index in [-0.39, 0.29) is 0 Å². The Morgan fingerprint density at radius 3 is 3.12 bits per heavy atom. The number of nitrogens with one attached hydrogen (secondary N) is 1. The maximum absolute atomic E-state index is 4.09. The Morgan fingerprint density at radius 2 is 2.41 bits per heavy atom. The summed E-state index contributed by atoms with van der Waals surface area (Å²) in [4.78, 5) is 0.